The van der Waals surface area contributed by atoms with Gasteiger partial charge >= 0.3 is 0 Å². The fraction of sp³-hybridized carbons (Fsp3) is 0.148. The number of ether oxygens (including phenoxy) is 3. The molecule has 0 radical (unpaired) electrons. The van der Waals surface area contributed by atoms with Crippen LogP contribution in [-0.4, -0.2) is 35.1 Å². The van der Waals surface area contributed by atoms with E-state index in [1.54, 1.807) is 18.9 Å². The predicted octanol–water partition coefficient (Wildman–Crippen LogP) is 4.42. The zero-order chi connectivity index (χ0) is 24.2. The molecule has 1 N–H and O–H groups in total. The molecule has 35 heavy (non-hydrogen) atoms. The van der Waals surface area contributed by atoms with Gasteiger partial charge in [-0.1, -0.05) is 35.5 Å². The lowest BCUT2D eigenvalue weighted by atomic mass is 10.0. The van der Waals surface area contributed by atoms with Gasteiger partial charge in [-0.25, -0.2) is 4.68 Å². The molecule has 8 nitrogen and oxygen atoms in total. The van der Waals surface area contributed by atoms with Crippen molar-refractivity contribution in [2.75, 3.05) is 19.5 Å². The largest absolute Gasteiger partial charge is 0.497 e. The number of carbonyl (C=O) groups is 1. The van der Waals surface area contributed by atoms with E-state index in [0.717, 1.165) is 33.9 Å². The Morgan fingerprint density at radius 3 is 2.54 bits per heavy atom. The van der Waals surface area contributed by atoms with Gasteiger partial charge in [0.15, 0.2) is 0 Å². The molecule has 8 heteroatoms. The summed E-state index contributed by atoms with van der Waals surface area (Å²) in [6.07, 6.45) is 3.71. The Hall–Kier alpha value is -4.59. The number of nitrogens with zero attached hydrogens (tertiary/aromatic N) is 3. The first-order valence-corrected chi connectivity index (χ1v) is 11.1. The van der Waals surface area contributed by atoms with E-state index >= 15 is 0 Å². The number of aromatic nitrogens is 3. The van der Waals surface area contributed by atoms with Crippen molar-refractivity contribution in [2.24, 2.45) is 0 Å². The highest BCUT2D eigenvalue weighted by molar-refractivity contribution is 6.34. The molecule has 0 spiro atoms. The highest BCUT2D eigenvalue weighted by Crippen LogP contribution is 2.33. The highest BCUT2D eigenvalue weighted by Gasteiger charge is 2.23. The molecule has 1 aliphatic heterocycles. The van der Waals surface area contributed by atoms with Crippen LogP contribution in [0.5, 0.6) is 17.2 Å². The maximum atomic E-state index is 12.4. The molecule has 0 unspecified atom stereocenters. The summed E-state index contributed by atoms with van der Waals surface area (Å²) in [5.41, 5.74) is 4.92. The van der Waals surface area contributed by atoms with Crippen LogP contribution < -0.4 is 19.5 Å². The number of para-hydroxylation sites is 1. The van der Waals surface area contributed by atoms with E-state index in [2.05, 4.69) is 15.6 Å². The van der Waals surface area contributed by atoms with Crippen LogP contribution in [-0.2, 0) is 17.9 Å². The number of hydrogen-bond donors (Lipinski definition) is 1. The minimum atomic E-state index is -0.109. The van der Waals surface area contributed by atoms with Gasteiger partial charge in [-0.3, -0.25) is 4.79 Å². The van der Waals surface area contributed by atoms with Crippen molar-refractivity contribution >= 4 is 23.2 Å². The molecule has 1 aromatic heterocycles. The number of rotatable bonds is 8. The van der Waals surface area contributed by atoms with Crippen molar-refractivity contribution in [2.45, 2.75) is 13.2 Å². The van der Waals surface area contributed by atoms with E-state index in [0.29, 0.717) is 23.6 Å². The molecule has 0 fully saturated rings. The summed E-state index contributed by atoms with van der Waals surface area (Å²) in [6.45, 7) is 0.790. The Morgan fingerprint density at radius 1 is 0.943 bits per heavy atom. The third-order valence-electron chi connectivity index (χ3n) is 5.61. The van der Waals surface area contributed by atoms with Crippen LogP contribution in [0.3, 0.4) is 0 Å². The third kappa shape index (κ3) is 5.01. The molecule has 1 amide bonds. The van der Waals surface area contributed by atoms with Crippen molar-refractivity contribution in [3.63, 3.8) is 0 Å². The lowest BCUT2D eigenvalue weighted by Crippen LogP contribution is -2.03. The third-order valence-corrected chi connectivity index (χ3v) is 5.61. The number of nitrogens with one attached hydrogen (secondary N) is 1. The van der Waals surface area contributed by atoms with Gasteiger partial charge in [0, 0.05) is 22.9 Å². The Labute approximate surface area is 202 Å². The van der Waals surface area contributed by atoms with Crippen molar-refractivity contribution in [1.82, 2.24) is 15.0 Å². The highest BCUT2D eigenvalue weighted by atomic mass is 16.5. The minimum absolute atomic E-state index is 0.109. The Morgan fingerprint density at radius 2 is 1.74 bits per heavy atom. The summed E-state index contributed by atoms with van der Waals surface area (Å²) < 4.78 is 18.3. The molecule has 0 atom stereocenters. The zero-order valence-corrected chi connectivity index (χ0v) is 19.4. The number of methoxy groups -OCH3 is 2. The van der Waals surface area contributed by atoms with Gasteiger partial charge in [-0.15, -0.1) is 5.10 Å². The van der Waals surface area contributed by atoms with Crippen LogP contribution in [0.15, 0.2) is 72.9 Å². The normalized spacial score (nSPS) is 13.4. The van der Waals surface area contributed by atoms with Crippen molar-refractivity contribution in [3.8, 4) is 17.2 Å². The molecule has 3 aromatic carbocycles. The second-order valence-corrected chi connectivity index (χ2v) is 8.05. The molecule has 0 aliphatic carbocycles. The first-order valence-electron chi connectivity index (χ1n) is 11.1. The van der Waals surface area contributed by atoms with Crippen molar-refractivity contribution in [3.05, 3.63) is 95.3 Å². The minimum Gasteiger partial charge on any atom is -0.497 e. The molecule has 5 rings (SSSR count). The monoisotopic (exact) mass is 468 g/mol. The fourth-order valence-electron chi connectivity index (χ4n) is 3.93. The number of carbonyl (C=O) groups excluding carboxylic acids is 1. The van der Waals surface area contributed by atoms with Gasteiger partial charge in [-0.2, -0.15) is 0 Å². The molecular weight excluding hydrogens is 444 g/mol. The molecular formula is C27H24N4O4. The van der Waals surface area contributed by atoms with Gasteiger partial charge in [0.2, 0.25) is 0 Å². The summed E-state index contributed by atoms with van der Waals surface area (Å²) in [4.78, 5) is 12.4. The summed E-state index contributed by atoms with van der Waals surface area (Å²) in [7, 11) is 3.24. The standard InChI is InChI=1S/C27H24N4O4/c1-33-22-11-19(12-23(14-22)34-2)15-31-16-20(29-30-31)17-35-21-7-5-6-18(10-21)13-25-24-8-3-4-9-26(24)28-27(25)32/h3-14,16H,15,17H2,1-2H3,(H,28,32)/b25-13+. The van der Waals surface area contributed by atoms with E-state index < -0.39 is 0 Å². The van der Waals surface area contributed by atoms with Gasteiger partial charge in [-0.05, 0) is 47.5 Å². The Balaban J connectivity index is 1.26. The fourth-order valence-corrected chi connectivity index (χ4v) is 3.93. The summed E-state index contributed by atoms with van der Waals surface area (Å²) in [5, 5.41) is 11.3. The van der Waals surface area contributed by atoms with Crippen LogP contribution in [0.1, 0.15) is 22.4 Å². The number of anilines is 1. The van der Waals surface area contributed by atoms with E-state index in [1.165, 1.54) is 0 Å². The van der Waals surface area contributed by atoms with Crippen LogP contribution >= 0.6 is 0 Å². The second-order valence-electron chi connectivity index (χ2n) is 8.05. The second kappa shape index (κ2) is 9.72. The lowest BCUT2D eigenvalue weighted by molar-refractivity contribution is -0.110. The van der Waals surface area contributed by atoms with Crippen molar-refractivity contribution in [1.29, 1.82) is 0 Å². The number of hydrogen-bond acceptors (Lipinski definition) is 6. The van der Waals surface area contributed by atoms with E-state index in [1.807, 2.05) is 79.0 Å². The first kappa shape index (κ1) is 22.2. The zero-order valence-electron chi connectivity index (χ0n) is 19.4. The van der Waals surface area contributed by atoms with Gasteiger partial charge in [0.05, 0.1) is 27.0 Å². The summed E-state index contributed by atoms with van der Waals surface area (Å²) in [6, 6.07) is 20.9. The van der Waals surface area contributed by atoms with E-state index in [9.17, 15) is 4.79 Å². The van der Waals surface area contributed by atoms with Gasteiger partial charge < -0.3 is 19.5 Å². The van der Waals surface area contributed by atoms with Gasteiger partial charge in [0.1, 0.15) is 29.5 Å². The van der Waals surface area contributed by atoms with Crippen LogP contribution in [0, 0.1) is 0 Å². The first-order chi connectivity index (χ1) is 17.1. The Kier molecular flexibility index (Phi) is 6.17. The van der Waals surface area contributed by atoms with E-state index in [-0.39, 0.29) is 12.5 Å². The molecule has 176 valence electrons. The smallest absolute Gasteiger partial charge is 0.256 e. The quantitative estimate of drug-likeness (QED) is 0.385. The maximum Gasteiger partial charge on any atom is 0.256 e. The predicted molar refractivity (Wildman–Crippen MR) is 132 cm³/mol. The van der Waals surface area contributed by atoms with Crippen LogP contribution in [0.25, 0.3) is 11.6 Å². The van der Waals surface area contributed by atoms with Crippen LogP contribution in [0.4, 0.5) is 5.69 Å². The summed E-state index contributed by atoms with van der Waals surface area (Å²) in [5.74, 6) is 2.01. The number of fused-ring (bicyclic) bond motifs is 1. The molecule has 2 heterocycles. The molecule has 1 aliphatic rings. The topological polar surface area (TPSA) is 87.5 Å². The average molecular weight is 469 g/mol. The number of benzene rings is 3. The number of amides is 1. The summed E-state index contributed by atoms with van der Waals surface area (Å²) >= 11 is 0. The molecule has 0 bridgehead atoms. The van der Waals surface area contributed by atoms with E-state index in [4.69, 9.17) is 14.2 Å². The SMILES string of the molecule is COc1cc(Cn2cc(COc3cccc(/C=C4/C(=O)Nc5ccccc54)c3)nn2)cc(OC)c1. The Bertz CT molecular complexity index is 1390. The maximum absolute atomic E-state index is 12.4. The average Bonchev–Trinajstić information content (AvgIpc) is 3.46. The van der Waals surface area contributed by atoms with Gasteiger partial charge in [0.25, 0.3) is 5.91 Å². The molecule has 0 saturated heterocycles. The molecule has 4 aromatic rings. The molecule has 0 saturated carbocycles. The van der Waals surface area contributed by atoms with Crippen molar-refractivity contribution < 1.29 is 19.0 Å². The van der Waals surface area contributed by atoms with Crippen LogP contribution in [0.2, 0.25) is 0 Å². The lowest BCUT2D eigenvalue weighted by Gasteiger charge is -2.08.